The summed E-state index contributed by atoms with van der Waals surface area (Å²) in [6, 6.07) is 1.71. The van der Waals surface area contributed by atoms with Crippen molar-refractivity contribution in [1.29, 1.82) is 0 Å². The van der Waals surface area contributed by atoms with Gasteiger partial charge in [0.05, 0.1) is 0 Å². The van der Waals surface area contributed by atoms with Crippen LogP contribution in [-0.2, 0) is 11.8 Å². The van der Waals surface area contributed by atoms with E-state index in [2.05, 4.69) is 5.10 Å². The topological polar surface area (TPSA) is 75.4 Å². The Morgan fingerprint density at radius 2 is 1.95 bits per heavy atom. The lowest BCUT2D eigenvalue weighted by Crippen LogP contribution is -2.50. The maximum Gasteiger partial charge on any atom is 0.329 e. The van der Waals surface area contributed by atoms with Crippen LogP contribution in [0.3, 0.4) is 0 Å². The number of carboxylic acid groups (broad SMARTS) is 1. The molecule has 0 saturated heterocycles. The van der Waals surface area contributed by atoms with Crippen molar-refractivity contribution < 1.29 is 14.7 Å². The summed E-state index contributed by atoms with van der Waals surface area (Å²) < 4.78 is 1.65. The molecule has 0 aliphatic heterocycles. The van der Waals surface area contributed by atoms with E-state index in [0.717, 1.165) is 5.69 Å². The van der Waals surface area contributed by atoms with Crippen LogP contribution in [0.15, 0.2) is 6.07 Å². The molecule has 0 aliphatic rings. The van der Waals surface area contributed by atoms with Crippen molar-refractivity contribution in [1.82, 2.24) is 14.7 Å². The van der Waals surface area contributed by atoms with Gasteiger partial charge in [-0.3, -0.25) is 9.48 Å². The standard InChI is InChI=1S/C13H21N3O3/c1-8(2)10-7-9(14-16(10)6)11(17)15(5)13(3,4)12(18)19/h7-8H,1-6H3,(H,18,19). The van der Waals surface area contributed by atoms with E-state index >= 15 is 0 Å². The van der Waals surface area contributed by atoms with Crippen LogP contribution in [0.2, 0.25) is 0 Å². The molecule has 0 spiro atoms. The molecular weight excluding hydrogens is 246 g/mol. The molecule has 6 nitrogen and oxygen atoms in total. The van der Waals surface area contributed by atoms with E-state index in [1.807, 2.05) is 13.8 Å². The smallest absolute Gasteiger partial charge is 0.329 e. The fourth-order valence-electron chi connectivity index (χ4n) is 1.70. The molecule has 106 valence electrons. The maximum atomic E-state index is 12.3. The number of hydrogen-bond acceptors (Lipinski definition) is 3. The van der Waals surface area contributed by atoms with Crippen LogP contribution >= 0.6 is 0 Å². The number of aliphatic carboxylic acids is 1. The van der Waals surface area contributed by atoms with E-state index in [4.69, 9.17) is 5.11 Å². The van der Waals surface area contributed by atoms with Crippen molar-refractivity contribution in [3.63, 3.8) is 0 Å². The third-order valence-electron chi connectivity index (χ3n) is 3.39. The van der Waals surface area contributed by atoms with Gasteiger partial charge in [-0.05, 0) is 25.8 Å². The Labute approximate surface area is 113 Å². The summed E-state index contributed by atoms with van der Waals surface area (Å²) in [4.78, 5) is 24.6. The van der Waals surface area contributed by atoms with Gasteiger partial charge < -0.3 is 10.0 Å². The number of carbonyl (C=O) groups is 2. The average Bonchev–Trinajstić information content (AvgIpc) is 2.69. The van der Waals surface area contributed by atoms with Gasteiger partial charge in [-0.25, -0.2) is 4.79 Å². The molecule has 0 unspecified atom stereocenters. The van der Waals surface area contributed by atoms with Gasteiger partial charge >= 0.3 is 5.97 Å². The second kappa shape index (κ2) is 5.03. The normalized spacial score (nSPS) is 11.7. The minimum absolute atomic E-state index is 0.247. The van der Waals surface area contributed by atoms with Gasteiger partial charge in [0.15, 0.2) is 5.69 Å². The molecular formula is C13H21N3O3. The third-order valence-corrected chi connectivity index (χ3v) is 3.39. The molecule has 1 rings (SSSR count). The average molecular weight is 267 g/mol. The number of rotatable bonds is 4. The van der Waals surface area contributed by atoms with Gasteiger partial charge in [-0.15, -0.1) is 0 Å². The van der Waals surface area contributed by atoms with Gasteiger partial charge in [0.2, 0.25) is 0 Å². The molecule has 1 heterocycles. The summed E-state index contributed by atoms with van der Waals surface area (Å²) in [7, 11) is 3.24. The predicted molar refractivity (Wildman–Crippen MR) is 71.1 cm³/mol. The predicted octanol–water partition coefficient (Wildman–Crippen LogP) is 1.48. The molecule has 1 amide bonds. The highest BCUT2D eigenvalue weighted by atomic mass is 16.4. The molecule has 1 aromatic heterocycles. The van der Waals surface area contributed by atoms with E-state index in [9.17, 15) is 9.59 Å². The third kappa shape index (κ3) is 2.77. The van der Waals surface area contributed by atoms with E-state index < -0.39 is 17.4 Å². The lowest BCUT2D eigenvalue weighted by Gasteiger charge is -2.30. The first-order chi connectivity index (χ1) is 8.59. The zero-order valence-corrected chi connectivity index (χ0v) is 12.3. The van der Waals surface area contributed by atoms with Crippen LogP contribution in [-0.4, -0.2) is 44.3 Å². The van der Waals surface area contributed by atoms with Crippen LogP contribution < -0.4 is 0 Å². The monoisotopic (exact) mass is 267 g/mol. The fourth-order valence-corrected chi connectivity index (χ4v) is 1.70. The van der Waals surface area contributed by atoms with E-state index in [-0.39, 0.29) is 11.6 Å². The highest BCUT2D eigenvalue weighted by molar-refractivity contribution is 5.96. The zero-order chi connectivity index (χ0) is 15.0. The highest BCUT2D eigenvalue weighted by Crippen LogP contribution is 2.19. The first-order valence-corrected chi connectivity index (χ1v) is 6.14. The summed E-state index contributed by atoms with van der Waals surface area (Å²) >= 11 is 0. The molecule has 0 radical (unpaired) electrons. The second-order valence-electron chi connectivity index (χ2n) is 5.46. The van der Waals surface area contributed by atoms with E-state index in [0.29, 0.717) is 0 Å². The first kappa shape index (κ1) is 15.2. The summed E-state index contributed by atoms with van der Waals surface area (Å²) in [5.41, 5.74) is -0.0695. The van der Waals surface area contributed by atoms with Gasteiger partial charge in [-0.1, -0.05) is 13.8 Å². The minimum atomic E-state index is -1.27. The largest absolute Gasteiger partial charge is 0.480 e. The molecule has 0 fully saturated rings. The maximum absolute atomic E-state index is 12.3. The highest BCUT2D eigenvalue weighted by Gasteiger charge is 2.36. The Balaban J connectivity index is 3.08. The molecule has 1 N–H and O–H groups in total. The Kier molecular flexibility index (Phi) is 4.03. The fraction of sp³-hybridized carbons (Fsp3) is 0.615. The second-order valence-corrected chi connectivity index (χ2v) is 5.46. The van der Waals surface area contributed by atoms with Crippen molar-refractivity contribution in [3.05, 3.63) is 17.5 Å². The van der Waals surface area contributed by atoms with Crippen LogP contribution in [0, 0.1) is 0 Å². The quantitative estimate of drug-likeness (QED) is 0.896. The van der Waals surface area contributed by atoms with Gasteiger partial charge in [0, 0.05) is 19.8 Å². The van der Waals surface area contributed by atoms with Gasteiger partial charge in [0.25, 0.3) is 5.91 Å². The molecule has 0 aromatic carbocycles. The minimum Gasteiger partial charge on any atom is -0.480 e. The molecule has 0 atom stereocenters. The van der Waals surface area contributed by atoms with Crippen molar-refractivity contribution in [2.75, 3.05) is 7.05 Å². The molecule has 0 aliphatic carbocycles. The molecule has 19 heavy (non-hydrogen) atoms. The number of aromatic nitrogens is 2. The summed E-state index contributed by atoms with van der Waals surface area (Å²) in [5, 5.41) is 13.3. The molecule has 6 heteroatoms. The van der Waals surface area contributed by atoms with Crippen molar-refractivity contribution in [2.45, 2.75) is 39.2 Å². The Bertz CT molecular complexity index is 503. The number of carbonyl (C=O) groups excluding carboxylic acids is 1. The lowest BCUT2D eigenvalue weighted by atomic mass is 10.0. The van der Waals surface area contributed by atoms with Crippen LogP contribution in [0.1, 0.15) is 49.8 Å². The van der Waals surface area contributed by atoms with E-state index in [1.165, 1.54) is 25.8 Å². The summed E-state index contributed by atoms with van der Waals surface area (Å²) in [6.45, 7) is 6.99. The van der Waals surface area contributed by atoms with E-state index in [1.54, 1.807) is 17.8 Å². The van der Waals surface area contributed by atoms with Crippen LogP contribution in [0.5, 0.6) is 0 Å². The Morgan fingerprint density at radius 3 is 2.32 bits per heavy atom. The number of hydrogen-bond donors (Lipinski definition) is 1. The van der Waals surface area contributed by atoms with Gasteiger partial charge in [-0.2, -0.15) is 5.10 Å². The number of carboxylic acids is 1. The SMILES string of the molecule is CC(C)c1cc(C(=O)N(C)C(C)(C)C(=O)O)nn1C. The van der Waals surface area contributed by atoms with Crippen LogP contribution in [0.4, 0.5) is 0 Å². The van der Waals surface area contributed by atoms with Crippen molar-refractivity contribution in [3.8, 4) is 0 Å². The number of likely N-dealkylation sites (N-methyl/N-ethyl adjacent to an activating group) is 1. The Morgan fingerprint density at radius 1 is 1.42 bits per heavy atom. The molecule has 0 saturated carbocycles. The Hall–Kier alpha value is -1.85. The van der Waals surface area contributed by atoms with Crippen molar-refractivity contribution >= 4 is 11.9 Å². The summed E-state index contributed by atoms with van der Waals surface area (Å²) in [6.07, 6.45) is 0. The summed E-state index contributed by atoms with van der Waals surface area (Å²) in [5.74, 6) is -1.20. The molecule has 0 bridgehead atoms. The van der Waals surface area contributed by atoms with Crippen LogP contribution in [0.25, 0.3) is 0 Å². The lowest BCUT2D eigenvalue weighted by molar-refractivity contribution is -0.147. The number of aryl methyl sites for hydroxylation is 1. The zero-order valence-electron chi connectivity index (χ0n) is 12.3. The number of nitrogens with zero attached hydrogens (tertiary/aromatic N) is 3. The van der Waals surface area contributed by atoms with Crippen molar-refractivity contribution in [2.24, 2.45) is 7.05 Å². The number of amides is 1. The van der Waals surface area contributed by atoms with Gasteiger partial charge in [0.1, 0.15) is 5.54 Å². The molecule has 1 aromatic rings. The first-order valence-electron chi connectivity index (χ1n) is 6.14.